The molecule has 196 valence electrons. The van der Waals surface area contributed by atoms with Gasteiger partial charge in [0.05, 0.1) is 23.4 Å². The van der Waals surface area contributed by atoms with Gasteiger partial charge < -0.3 is 14.2 Å². The third-order valence-corrected chi connectivity index (χ3v) is 7.25. The fourth-order valence-corrected chi connectivity index (χ4v) is 5.14. The van der Waals surface area contributed by atoms with Crippen LogP contribution in [0.25, 0.3) is 44.0 Å². The molecule has 5 heteroatoms. The molecule has 40 heavy (non-hydrogen) atoms. The van der Waals surface area contributed by atoms with Crippen molar-refractivity contribution in [3.63, 3.8) is 0 Å². The van der Waals surface area contributed by atoms with Crippen LogP contribution in [0.1, 0.15) is 28.4 Å². The first kappa shape index (κ1) is 25.2. The summed E-state index contributed by atoms with van der Waals surface area (Å²) in [7, 11) is 6.10. The lowest BCUT2D eigenvalue weighted by molar-refractivity contribution is 0.0528. The van der Waals surface area contributed by atoms with E-state index in [-0.39, 0.29) is 5.97 Å². The van der Waals surface area contributed by atoms with Gasteiger partial charge >= 0.3 is 5.97 Å². The Labute approximate surface area is 233 Å². The quantitative estimate of drug-likeness (QED) is 0.181. The number of nitrogens with zero attached hydrogens (tertiary/aromatic N) is 3. The number of hydrogen-bond donors (Lipinski definition) is 0. The van der Waals surface area contributed by atoms with Crippen molar-refractivity contribution in [2.24, 2.45) is 7.05 Å². The lowest BCUT2D eigenvalue weighted by Crippen LogP contribution is -2.07. The third kappa shape index (κ3) is 4.54. The minimum absolute atomic E-state index is 0.294. The van der Waals surface area contributed by atoms with E-state index >= 15 is 0 Å². The van der Waals surface area contributed by atoms with Crippen molar-refractivity contribution in [2.45, 2.75) is 6.92 Å². The van der Waals surface area contributed by atoms with Gasteiger partial charge in [-0.15, -0.1) is 0 Å². The predicted octanol–water partition coefficient (Wildman–Crippen LogP) is 7.19. The summed E-state index contributed by atoms with van der Waals surface area (Å²) in [5.41, 5.74) is 8.06. The number of carbonyl (C=O) groups is 1. The van der Waals surface area contributed by atoms with Gasteiger partial charge in [-0.1, -0.05) is 36.1 Å². The number of anilines is 1. The standard InChI is InChI=1S/C35H29N3O2/c1-5-40-35(39)30-22-32(25-15-19-34-29(21-25)27-8-6-7-9-33(27)38(34)4)36-31-18-14-24(20-28(30)31)11-10-23-12-16-26(17-13-23)37(2)3/h6-9,12-22H,5H2,1-4H3. The van der Waals surface area contributed by atoms with Gasteiger partial charge in [0, 0.05) is 70.7 Å². The first-order valence-corrected chi connectivity index (χ1v) is 13.3. The van der Waals surface area contributed by atoms with Crippen LogP contribution < -0.4 is 4.90 Å². The normalized spacial score (nSPS) is 11.0. The van der Waals surface area contributed by atoms with Crippen LogP contribution in [0.3, 0.4) is 0 Å². The van der Waals surface area contributed by atoms with Crippen LogP contribution in [0.2, 0.25) is 0 Å². The summed E-state index contributed by atoms with van der Waals surface area (Å²) in [5.74, 6) is 6.10. The molecule has 0 aliphatic carbocycles. The van der Waals surface area contributed by atoms with Crippen LogP contribution in [-0.4, -0.2) is 36.2 Å². The van der Waals surface area contributed by atoms with Crippen LogP contribution in [0, 0.1) is 11.8 Å². The summed E-state index contributed by atoms with van der Waals surface area (Å²) in [4.78, 5) is 20.1. The van der Waals surface area contributed by atoms with E-state index in [4.69, 9.17) is 9.72 Å². The van der Waals surface area contributed by atoms with Crippen LogP contribution in [0.15, 0.2) is 91.0 Å². The Morgan fingerprint density at radius 2 is 1.55 bits per heavy atom. The van der Waals surface area contributed by atoms with Gasteiger partial charge in [-0.25, -0.2) is 9.78 Å². The Bertz CT molecular complexity index is 1970. The molecule has 0 atom stereocenters. The van der Waals surface area contributed by atoms with Crippen molar-refractivity contribution < 1.29 is 9.53 Å². The van der Waals surface area contributed by atoms with E-state index in [1.807, 2.05) is 69.6 Å². The summed E-state index contributed by atoms with van der Waals surface area (Å²) >= 11 is 0. The highest BCUT2D eigenvalue weighted by atomic mass is 16.5. The van der Waals surface area contributed by atoms with Gasteiger partial charge in [-0.05, 0) is 73.7 Å². The zero-order valence-electron chi connectivity index (χ0n) is 23.0. The summed E-state index contributed by atoms with van der Waals surface area (Å²) in [6, 6.07) is 30.4. The van der Waals surface area contributed by atoms with E-state index in [1.54, 1.807) is 0 Å². The molecule has 4 aromatic carbocycles. The SMILES string of the molecule is CCOC(=O)c1cc(-c2ccc3c(c2)c2ccccc2n3C)nc2ccc(C#Cc3ccc(N(C)C)cc3)cc12. The van der Waals surface area contributed by atoms with Crippen molar-refractivity contribution in [1.29, 1.82) is 0 Å². The van der Waals surface area contributed by atoms with Crippen LogP contribution in [0.5, 0.6) is 0 Å². The molecule has 0 aliphatic heterocycles. The Hall–Kier alpha value is -5.08. The van der Waals surface area contributed by atoms with Crippen molar-refractivity contribution >= 4 is 44.4 Å². The molecule has 5 nitrogen and oxygen atoms in total. The smallest absolute Gasteiger partial charge is 0.338 e. The molecule has 0 N–H and O–H groups in total. The molecule has 2 aromatic heterocycles. The molecule has 0 saturated heterocycles. The molecule has 6 rings (SSSR count). The van der Waals surface area contributed by atoms with E-state index in [0.717, 1.165) is 49.9 Å². The zero-order chi connectivity index (χ0) is 27.8. The second kappa shape index (κ2) is 10.2. The van der Waals surface area contributed by atoms with Crippen molar-refractivity contribution in [1.82, 2.24) is 9.55 Å². The van der Waals surface area contributed by atoms with Crippen molar-refractivity contribution in [3.05, 3.63) is 108 Å². The van der Waals surface area contributed by atoms with E-state index < -0.39 is 0 Å². The van der Waals surface area contributed by atoms with E-state index in [9.17, 15) is 4.79 Å². The second-order valence-corrected chi connectivity index (χ2v) is 10.0. The van der Waals surface area contributed by atoms with Gasteiger partial charge in [0.25, 0.3) is 0 Å². The van der Waals surface area contributed by atoms with Gasteiger partial charge in [-0.3, -0.25) is 0 Å². The number of rotatable bonds is 4. The van der Waals surface area contributed by atoms with Gasteiger partial charge in [-0.2, -0.15) is 0 Å². The van der Waals surface area contributed by atoms with Crippen molar-refractivity contribution in [3.8, 4) is 23.1 Å². The number of benzene rings is 4. The number of fused-ring (bicyclic) bond motifs is 4. The molecular formula is C35H29N3O2. The summed E-state index contributed by atoms with van der Waals surface area (Å²) in [5, 5.41) is 3.07. The van der Waals surface area contributed by atoms with Crippen LogP contribution in [-0.2, 0) is 11.8 Å². The number of aromatic nitrogens is 2. The maximum absolute atomic E-state index is 13.1. The van der Waals surface area contributed by atoms with Gasteiger partial charge in [0.15, 0.2) is 0 Å². The average molecular weight is 524 g/mol. The number of carbonyl (C=O) groups excluding carboxylic acids is 1. The summed E-state index contributed by atoms with van der Waals surface area (Å²) < 4.78 is 7.65. The molecule has 0 unspecified atom stereocenters. The first-order chi connectivity index (χ1) is 19.4. The molecule has 2 heterocycles. The zero-order valence-corrected chi connectivity index (χ0v) is 23.0. The van der Waals surface area contributed by atoms with Gasteiger partial charge in [0.1, 0.15) is 0 Å². The Morgan fingerprint density at radius 3 is 2.33 bits per heavy atom. The minimum atomic E-state index is -0.369. The monoisotopic (exact) mass is 523 g/mol. The Morgan fingerprint density at radius 1 is 0.825 bits per heavy atom. The van der Waals surface area contributed by atoms with Crippen molar-refractivity contribution in [2.75, 3.05) is 25.6 Å². The van der Waals surface area contributed by atoms with E-state index in [2.05, 4.69) is 70.8 Å². The van der Waals surface area contributed by atoms with Crippen LogP contribution in [0.4, 0.5) is 5.69 Å². The molecule has 0 amide bonds. The first-order valence-electron chi connectivity index (χ1n) is 13.3. The van der Waals surface area contributed by atoms with E-state index in [0.29, 0.717) is 12.2 Å². The second-order valence-electron chi connectivity index (χ2n) is 10.0. The summed E-state index contributed by atoms with van der Waals surface area (Å²) in [6.45, 7) is 2.11. The number of hydrogen-bond acceptors (Lipinski definition) is 4. The van der Waals surface area contributed by atoms with Crippen LogP contribution >= 0.6 is 0 Å². The molecule has 0 spiro atoms. The molecule has 0 radical (unpaired) electrons. The Balaban J connectivity index is 1.45. The molecule has 0 saturated carbocycles. The fraction of sp³-hybridized carbons (Fsp3) is 0.143. The number of esters is 1. The minimum Gasteiger partial charge on any atom is -0.462 e. The highest BCUT2D eigenvalue weighted by Crippen LogP contribution is 2.33. The molecule has 0 fully saturated rings. The lowest BCUT2D eigenvalue weighted by Gasteiger charge is -2.11. The largest absolute Gasteiger partial charge is 0.462 e. The molecule has 0 bridgehead atoms. The fourth-order valence-electron chi connectivity index (χ4n) is 5.14. The third-order valence-electron chi connectivity index (χ3n) is 7.25. The topological polar surface area (TPSA) is 47.4 Å². The highest BCUT2D eigenvalue weighted by Gasteiger charge is 2.17. The summed E-state index contributed by atoms with van der Waals surface area (Å²) in [6.07, 6.45) is 0. The van der Waals surface area contributed by atoms with Gasteiger partial charge in [0.2, 0.25) is 0 Å². The maximum Gasteiger partial charge on any atom is 0.338 e. The molecular weight excluding hydrogens is 494 g/mol. The number of pyridine rings is 1. The highest BCUT2D eigenvalue weighted by molar-refractivity contribution is 6.10. The molecule has 6 aromatic rings. The Kier molecular flexibility index (Phi) is 6.45. The lowest BCUT2D eigenvalue weighted by atomic mass is 10.0. The predicted molar refractivity (Wildman–Crippen MR) is 164 cm³/mol. The number of aryl methyl sites for hydroxylation is 1. The number of ether oxygens (including phenoxy) is 1. The maximum atomic E-state index is 13.1. The van der Waals surface area contributed by atoms with E-state index in [1.165, 1.54) is 10.9 Å². The number of para-hydroxylation sites is 1. The molecule has 0 aliphatic rings. The average Bonchev–Trinajstić information content (AvgIpc) is 3.27.